The minimum atomic E-state index is -3.15. The standard InChI is InChI=1S/C21H32FN3O4S/c1-2-17-30(27,28)25-13-11-24(12-14-25)10-9-23-20(26)21(7-15-29-16-8-21)18-3-5-19(22)6-4-18/h3-6H,2,7-17H2,1H3,(H,23,26). The summed E-state index contributed by atoms with van der Waals surface area (Å²) in [5.41, 5.74) is 0.123. The molecular weight excluding hydrogens is 409 g/mol. The fraction of sp³-hybridized carbons (Fsp3) is 0.667. The Morgan fingerprint density at radius 3 is 2.37 bits per heavy atom. The summed E-state index contributed by atoms with van der Waals surface area (Å²) in [7, 11) is -3.15. The average Bonchev–Trinajstić information content (AvgIpc) is 2.75. The second kappa shape index (κ2) is 10.2. The molecule has 0 unspecified atom stereocenters. The van der Waals surface area contributed by atoms with Crippen molar-refractivity contribution < 1.29 is 22.3 Å². The van der Waals surface area contributed by atoms with E-state index in [1.807, 2.05) is 6.92 Å². The Hall–Kier alpha value is -1.55. The Morgan fingerprint density at radius 1 is 1.13 bits per heavy atom. The van der Waals surface area contributed by atoms with Crippen LogP contribution in [0.25, 0.3) is 0 Å². The number of halogens is 1. The van der Waals surface area contributed by atoms with Crippen LogP contribution in [0.15, 0.2) is 24.3 Å². The van der Waals surface area contributed by atoms with E-state index in [0.717, 1.165) is 5.56 Å². The highest BCUT2D eigenvalue weighted by molar-refractivity contribution is 7.89. The Labute approximate surface area is 178 Å². The second-order valence-electron chi connectivity index (χ2n) is 8.01. The SMILES string of the molecule is CCCS(=O)(=O)N1CCN(CCNC(=O)C2(c3ccc(F)cc3)CCOCC2)CC1. The zero-order chi connectivity index (χ0) is 21.6. The summed E-state index contributed by atoms with van der Waals surface area (Å²) in [6.07, 6.45) is 1.76. The van der Waals surface area contributed by atoms with Crippen LogP contribution < -0.4 is 5.32 Å². The first-order chi connectivity index (χ1) is 14.4. The predicted octanol–water partition coefficient (Wildman–Crippen LogP) is 1.35. The van der Waals surface area contributed by atoms with Gasteiger partial charge in [0.05, 0.1) is 11.2 Å². The van der Waals surface area contributed by atoms with Gasteiger partial charge in [-0.2, -0.15) is 4.31 Å². The van der Waals surface area contributed by atoms with Gasteiger partial charge in [-0.15, -0.1) is 0 Å². The first-order valence-corrected chi connectivity index (χ1v) is 12.3. The lowest BCUT2D eigenvalue weighted by Crippen LogP contribution is -2.52. The number of hydrogen-bond donors (Lipinski definition) is 1. The van der Waals surface area contributed by atoms with Crippen molar-refractivity contribution >= 4 is 15.9 Å². The molecule has 1 aromatic rings. The van der Waals surface area contributed by atoms with Crippen LogP contribution in [0.5, 0.6) is 0 Å². The lowest BCUT2D eigenvalue weighted by atomic mass is 9.73. The van der Waals surface area contributed by atoms with E-state index < -0.39 is 15.4 Å². The molecule has 2 aliphatic rings. The van der Waals surface area contributed by atoms with Crippen LogP contribution >= 0.6 is 0 Å². The summed E-state index contributed by atoms with van der Waals surface area (Å²) < 4.78 is 44.7. The minimum Gasteiger partial charge on any atom is -0.381 e. The minimum absolute atomic E-state index is 0.0541. The van der Waals surface area contributed by atoms with Crippen LogP contribution in [0.4, 0.5) is 4.39 Å². The Morgan fingerprint density at radius 2 is 1.77 bits per heavy atom. The molecule has 2 saturated heterocycles. The maximum absolute atomic E-state index is 13.4. The topological polar surface area (TPSA) is 79.0 Å². The molecule has 1 amide bonds. The highest BCUT2D eigenvalue weighted by Crippen LogP contribution is 2.35. The number of benzene rings is 1. The fourth-order valence-electron chi connectivity index (χ4n) is 4.25. The molecule has 30 heavy (non-hydrogen) atoms. The molecule has 168 valence electrons. The molecular formula is C21H32FN3O4S. The Kier molecular flexibility index (Phi) is 7.84. The third-order valence-corrected chi connectivity index (χ3v) is 8.15. The van der Waals surface area contributed by atoms with Gasteiger partial charge in [-0.25, -0.2) is 12.8 Å². The van der Waals surface area contributed by atoms with E-state index >= 15 is 0 Å². The van der Waals surface area contributed by atoms with Crippen LogP contribution in [0.3, 0.4) is 0 Å². The van der Waals surface area contributed by atoms with Gasteiger partial charge in [0.25, 0.3) is 0 Å². The summed E-state index contributed by atoms with van der Waals surface area (Å²) in [5.74, 6) is -0.179. The third kappa shape index (κ3) is 5.38. The fourth-order valence-corrected chi connectivity index (χ4v) is 5.74. The predicted molar refractivity (Wildman–Crippen MR) is 113 cm³/mol. The van der Waals surface area contributed by atoms with Crippen LogP contribution in [0.1, 0.15) is 31.7 Å². The number of carbonyl (C=O) groups excluding carboxylic acids is 1. The largest absolute Gasteiger partial charge is 0.381 e. The third-order valence-electron chi connectivity index (χ3n) is 6.08. The molecule has 0 atom stereocenters. The molecule has 1 aromatic carbocycles. The number of amides is 1. The molecule has 1 N–H and O–H groups in total. The number of rotatable bonds is 8. The smallest absolute Gasteiger partial charge is 0.230 e. The summed E-state index contributed by atoms with van der Waals surface area (Å²) in [6.45, 7) is 6.34. The van der Waals surface area contributed by atoms with Gasteiger partial charge in [-0.05, 0) is 37.0 Å². The van der Waals surface area contributed by atoms with Crippen molar-refractivity contribution in [3.05, 3.63) is 35.6 Å². The van der Waals surface area contributed by atoms with E-state index in [1.165, 1.54) is 12.1 Å². The molecule has 0 saturated carbocycles. The summed E-state index contributed by atoms with van der Waals surface area (Å²) in [4.78, 5) is 15.3. The molecule has 0 spiro atoms. The van der Waals surface area contributed by atoms with E-state index in [2.05, 4.69) is 10.2 Å². The molecule has 0 radical (unpaired) electrons. The Bertz CT molecular complexity index is 802. The number of piperazine rings is 1. The van der Waals surface area contributed by atoms with Crippen molar-refractivity contribution in [3.8, 4) is 0 Å². The molecule has 7 nitrogen and oxygen atoms in total. The normalized spacial score (nSPS) is 20.7. The van der Waals surface area contributed by atoms with E-state index in [9.17, 15) is 17.6 Å². The van der Waals surface area contributed by atoms with Crippen molar-refractivity contribution in [1.82, 2.24) is 14.5 Å². The highest BCUT2D eigenvalue weighted by atomic mass is 32.2. The van der Waals surface area contributed by atoms with Crippen molar-refractivity contribution in [2.45, 2.75) is 31.6 Å². The molecule has 3 rings (SSSR count). The molecule has 2 aliphatic heterocycles. The van der Waals surface area contributed by atoms with Crippen molar-refractivity contribution in [3.63, 3.8) is 0 Å². The molecule has 9 heteroatoms. The summed E-state index contributed by atoms with van der Waals surface area (Å²) in [6, 6.07) is 6.17. The molecule has 2 fully saturated rings. The van der Waals surface area contributed by atoms with Gasteiger partial charge in [0, 0.05) is 52.5 Å². The average molecular weight is 442 g/mol. The van der Waals surface area contributed by atoms with E-state index in [0.29, 0.717) is 71.7 Å². The van der Waals surface area contributed by atoms with Gasteiger partial charge in [-0.3, -0.25) is 9.69 Å². The highest BCUT2D eigenvalue weighted by Gasteiger charge is 2.41. The lowest BCUT2D eigenvalue weighted by molar-refractivity contribution is -0.130. The van der Waals surface area contributed by atoms with Crippen LogP contribution in [-0.4, -0.2) is 81.8 Å². The van der Waals surface area contributed by atoms with Crippen molar-refractivity contribution in [2.75, 3.05) is 58.2 Å². The van der Waals surface area contributed by atoms with Crippen molar-refractivity contribution in [1.29, 1.82) is 0 Å². The first kappa shape index (κ1) is 23.1. The van der Waals surface area contributed by atoms with E-state index in [-0.39, 0.29) is 17.5 Å². The van der Waals surface area contributed by atoms with Gasteiger partial charge < -0.3 is 10.1 Å². The summed E-state index contributed by atoms with van der Waals surface area (Å²) in [5, 5.41) is 3.05. The van der Waals surface area contributed by atoms with Gasteiger partial charge >= 0.3 is 0 Å². The quantitative estimate of drug-likeness (QED) is 0.659. The number of nitrogens with zero attached hydrogens (tertiary/aromatic N) is 2. The van der Waals surface area contributed by atoms with Gasteiger partial charge in [0.15, 0.2) is 0 Å². The molecule has 0 aromatic heterocycles. The zero-order valence-electron chi connectivity index (χ0n) is 17.6. The first-order valence-electron chi connectivity index (χ1n) is 10.7. The maximum atomic E-state index is 13.4. The van der Waals surface area contributed by atoms with Crippen LogP contribution in [0.2, 0.25) is 0 Å². The molecule has 0 bridgehead atoms. The number of carbonyl (C=O) groups is 1. The van der Waals surface area contributed by atoms with Gasteiger partial charge in [-0.1, -0.05) is 19.1 Å². The maximum Gasteiger partial charge on any atom is 0.230 e. The zero-order valence-corrected chi connectivity index (χ0v) is 18.4. The lowest BCUT2D eigenvalue weighted by Gasteiger charge is -2.37. The Balaban J connectivity index is 1.52. The summed E-state index contributed by atoms with van der Waals surface area (Å²) >= 11 is 0. The monoisotopic (exact) mass is 441 g/mol. The van der Waals surface area contributed by atoms with Gasteiger partial charge in [0.1, 0.15) is 5.82 Å². The van der Waals surface area contributed by atoms with Crippen LogP contribution in [0, 0.1) is 5.82 Å². The molecule has 0 aliphatic carbocycles. The number of nitrogens with one attached hydrogen (secondary N) is 1. The number of hydrogen-bond acceptors (Lipinski definition) is 5. The van der Waals surface area contributed by atoms with Gasteiger partial charge in [0.2, 0.25) is 15.9 Å². The number of ether oxygens (including phenoxy) is 1. The number of sulfonamides is 1. The van der Waals surface area contributed by atoms with Crippen molar-refractivity contribution in [2.24, 2.45) is 0 Å². The second-order valence-corrected chi connectivity index (χ2v) is 10.1. The molecule has 2 heterocycles. The van der Waals surface area contributed by atoms with E-state index in [1.54, 1.807) is 16.4 Å². The van der Waals surface area contributed by atoms with Crippen LogP contribution in [-0.2, 0) is 25.0 Å². The van der Waals surface area contributed by atoms with E-state index in [4.69, 9.17) is 4.74 Å².